The van der Waals surface area contributed by atoms with E-state index in [1.54, 1.807) is 19.1 Å². The third kappa shape index (κ3) is 5.10. The second kappa shape index (κ2) is 8.13. The molecular weight excluding hydrogens is 360 g/mol. The lowest BCUT2D eigenvalue weighted by Crippen LogP contribution is -2.48. The average Bonchev–Trinajstić information content (AvgIpc) is 2.55. The van der Waals surface area contributed by atoms with Crippen molar-refractivity contribution in [3.8, 4) is 0 Å². The van der Waals surface area contributed by atoms with Crippen molar-refractivity contribution in [3.05, 3.63) is 64.7 Å². The van der Waals surface area contributed by atoms with E-state index in [1.165, 1.54) is 0 Å². The lowest BCUT2D eigenvalue weighted by Gasteiger charge is -2.29. The van der Waals surface area contributed by atoms with Gasteiger partial charge in [-0.25, -0.2) is 8.42 Å². The summed E-state index contributed by atoms with van der Waals surface area (Å²) in [5, 5.41) is 2.94. The molecule has 1 amide bonds. The highest BCUT2D eigenvalue weighted by Gasteiger charge is 2.30. The van der Waals surface area contributed by atoms with Crippen LogP contribution in [0.1, 0.15) is 42.1 Å². The summed E-state index contributed by atoms with van der Waals surface area (Å²) < 4.78 is 25.9. The van der Waals surface area contributed by atoms with Crippen molar-refractivity contribution >= 4 is 21.6 Å². The molecule has 0 heterocycles. The zero-order valence-electron chi connectivity index (χ0n) is 16.8. The van der Waals surface area contributed by atoms with Crippen LogP contribution < -0.4 is 9.62 Å². The summed E-state index contributed by atoms with van der Waals surface area (Å²) in [6.45, 7) is 9.46. The monoisotopic (exact) mass is 388 g/mol. The summed E-state index contributed by atoms with van der Waals surface area (Å²) in [5.41, 5.74) is 4.76. The van der Waals surface area contributed by atoms with Crippen LogP contribution in [0.2, 0.25) is 0 Å². The van der Waals surface area contributed by atoms with Crippen LogP contribution in [-0.2, 0) is 14.8 Å². The summed E-state index contributed by atoms with van der Waals surface area (Å²) in [4.78, 5) is 12.8. The lowest BCUT2D eigenvalue weighted by molar-refractivity contribution is -0.122. The van der Waals surface area contributed by atoms with Crippen LogP contribution >= 0.6 is 0 Å². The van der Waals surface area contributed by atoms with Crippen LogP contribution in [0.25, 0.3) is 0 Å². The molecule has 1 N–H and O–H groups in total. The van der Waals surface area contributed by atoms with Crippen LogP contribution in [0.4, 0.5) is 5.69 Å². The van der Waals surface area contributed by atoms with E-state index >= 15 is 0 Å². The lowest BCUT2D eigenvalue weighted by atomic mass is 10.00. The highest BCUT2D eigenvalue weighted by atomic mass is 32.2. The van der Waals surface area contributed by atoms with Gasteiger partial charge in [-0.1, -0.05) is 41.5 Å². The second-order valence-electron chi connectivity index (χ2n) is 7.16. The Morgan fingerprint density at radius 2 is 1.52 bits per heavy atom. The van der Waals surface area contributed by atoms with E-state index < -0.39 is 16.1 Å². The summed E-state index contributed by atoms with van der Waals surface area (Å²) >= 11 is 0. The minimum Gasteiger partial charge on any atom is -0.348 e. The number of anilines is 1. The van der Waals surface area contributed by atoms with Crippen molar-refractivity contribution < 1.29 is 13.2 Å². The standard InChI is InChI=1S/C21H28N2O3S/c1-14-7-10-19(11-8-14)23(27(6,25)26)18(5)21(24)22-17(4)20-12-9-15(2)13-16(20)3/h7-13,17-18H,1-6H3,(H,22,24)/t17-,18-/m0/s1. The van der Waals surface area contributed by atoms with Crippen LogP contribution in [-0.4, -0.2) is 26.6 Å². The Labute approximate surface area is 162 Å². The molecule has 146 valence electrons. The van der Waals surface area contributed by atoms with E-state index in [4.69, 9.17) is 0 Å². The first kappa shape index (κ1) is 21.0. The maximum atomic E-state index is 12.8. The zero-order valence-corrected chi connectivity index (χ0v) is 17.6. The maximum Gasteiger partial charge on any atom is 0.244 e. The number of sulfonamides is 1. The number of rotatable bonds is 6. The van der Waals surface area contributed by atoms with E-state index in [-0.39, 0.29) is 11.9 Å². The molecule has 0 aliphatic heterocycles. The molecule has 6 heteroatoms. The van der Waals surface area contributed by atoms with Gasteiger partial charge in [-0.15, -0.1) is 0 Å². The van der Waals surface area contributed by atoms with Crippen molar-refractivity contribution in [2.45, 2.75) is 46.7 Å². The van der Waals surface area contributed by atoms with Gasteiger partial charge in [-0.05, 0) is 57.9 Å². The summed E-state index contributed by atoms with van der Waals surface area (Å²) in [6.07, 6.45) is 1.12. The van der Waals surface area contributed by atoms with Crippen molar-refractivity contribution in [1.82, 2.24) is 5.32 Å². The van der Waals surface area contributed by atoms with Gasteiger partial charge in [0.15, 0.2) is 0 Å². The number of nitrogens with zero attached hydrogens (tertiary/aromatic N) is 1. The number of aryl methyl sites for hydroxylation is 3. The molecule has 0 saturated carbocycles. The minimum atomic E-state index is -3.62. The van der Waals surface area contributed by atoms with E-state index in [1.807, 2.05) is 52.0 Å². The first-order valence-electron chi connectivity index (χ1n) is 8.94. The molecule has 0 fully saturated rings. The maximum absolute atomic E-state index is 12.8. The number of carbonyl (C=O) groups excluding carboxylic acids is 1. The molecule has 0 unspecified atom stereocenters. The molecule has 2 atom stereocenters. The van der Waals surface area contributed by atoms with Gasteiger partial charge in [0.2, 0.25) is 15.9 Å². The van der Waals surface area contributed by atoms with Gasteiger partial charge in [0.1, 0.15) is 6.04 Å². The second-order valence-corrected chi connectivity index (χ2v) is 9.02. The highest BCUT2D eigenvalue weighted by Crippen LogP contribution is 2.23. The molecule has 0 aliphatic rings. The molecule has 27 heavy (non-hydrogen) atoms. The van der Waals surface area contributed by atoms with Gasteiger partial charge in [0, 0.05) is 0 Å². The van der Waals surface area contributed by atoms with Gasteiger partial charge in [-0.2, -0.15) is 0 Å². The molecule has 0 spiro atoms. The Morgan fingerprint density at radius 1 is 0.963 bits per heavy atom. The van der Waals surface area contributed by atoms with E-state index in [2.05, 4.69) is 11.4 Å². The number of carbonyl (C=O) groups is 1. The molecule has 0 saturated heterocycles. The third-order valence-corrected chi connectivity index (χ3v) is 5.87. The number of amides is 1. The zero-order chi connectivity index (χ0) is 20.4. The van der Waals surface area contributed by atoms with Gasteiger partial charge in [0.05, 0.1) is 18.0 Å². The van der Waals surface area contributed by atoms with E-state index in [9.17, 15) is 13.2 Å². The first-order valence-corrected chi connectivity index (χ1v) is 10.8. The highest BCUT2D eigenvalue weighted by molar-refractivity contribution is 7.92. The van der Waals surface area contributed by atoms with Crippen LogP contribution in [0.5, 0.6) is 0 Å². The molecule has 2 aromatic rings. The Balaban J connectivity index is 2.25. The molecular formula is C21H28N2O3S. The van der Waals surface area contributed by atoms with Crippen LogP contribution in [0.3, 0.4) is 0 Å². The molecule has 0 radical (unpaired) electrons. The average molecular weight is 389 g/mol. The molecule has 0 aliphatic carbocycles. The Morgan fingerprint density at radius 3 is 2.04 bits per heavy atom. The Hall–Kier alpha value is -2.34. The largest absolute Gasteiger partial charge is 0.348 e. The van der Waals surface area contributed by atoms with Crippen LogP contribution in [0.15, 0.2) is 42.5 Å². The molecule has 2 rings (SSSR count). The van der Waals surface area contributed by atoms with Crippen molar-refractivity contribution in [3.63, 3.8) is 0 Å². The molecule has 2 aromatic carbocycles. The van der Waals surface area contributed by atoms with E-state index in [0.29, 0.717) is 5.69 Å². The predicted octanol–water partition coefficient (Wildman–Crippen LogP) is 3.64. The Kier molecular flexibility index (Phi) is 6.31. The van der Waals surface area contributed by atoms with Crippen LogP contribution in [0, 0.1) is 20.8 Å². The smallest absolute Gasteiger partial charge is 0.244 e. The topological polar surface area (TPSA) is 66.5 Å². The summed E-state index contributed by atoms with van der Waals surface area (Å²) in [5.74, 6) is -0.339. The predicted molar refractivity (Wildman–Crippen MR) is 110 cm³/mol. The van der Waals surface area contributed by atoms with Gasteiger partial charge >= 0.3 is 0 Å². The third-order valence-electron chi connectivity index (χ3n) is 4.63. The number of nitrogens with one attached hydrogen (secondary N) is 1. The van der Waals surface area contributed by atoms with Gasteiger partial charge in [0.25, 0.3) is 0 Å². The summed E-state index contributed by atoms with van der Waals surface area (Å²) in [6, 6.07) is 12.1. The SMILES string of the molecule is Cc1ccc(N([C@@H](C)C(=O)N[C@@H](C)c2ccc(C)cc2C)S(C)(=O)=O)cc1. The molecule has 0 aromatic heterocycles. The Bertz CT molecular complexity index is 921. The number of hydrogen-bond donors (Lipinski definition) is 1. The van der Waals surface area contributed by atoms with Gasteiger partial charge in [-0.3, -0.25) is 9.10 Å². The van der Waals surface area contributed by atoms with Crippen molar-refractivity contribution in [2.75, 3.05) is 10.6 Å². The fourth-order valence-electron chi connectivity index (χ4n) is 3.22. The quantitative estimate of drug-likeness (QED) is 0.821. The number of hydrogen-bond acceptors (Lipinski definition) is 3. The first-order chi connectivity index (χ1) is 12.5. The number of benzene rings is 2. The van der Waals surface area contributed by atoms with Crippen molar-refractivity contribution in [2.24, 2.45) is 0 Å². The fraction of sp³-hybridized carbons (Fsp3) is 0.381. The van der Waals surface area contributed by atoms with E-state index in [0.717, 1.165) is 32.8 Å². The van der Waals surface area contributed by atoms with Gasteiger partial charge < -0.3 is 5.32 Å². The van der Waals surface area contributed by atoms with Crippen molar-refractivity contribution in [1.29, 1.82) is 0 Å². The molecule has 5 nitrogen and oxygen atoms in total. The summed E-state index contributed by atoms with van der Waals surface area (Å²) in [7, 11) is -3.62. The molecule has 0 bridgehead atoms. The fourth-order valence-corrected chi connectivity index (χ4v) is 4.40. The normalized spacial score (nSPS) is 13.7. The minimum absolute atomic E-state index is 0.222.